The predicted molar refractivity (Wildman–Crippen MR) is 145 cm³/mol. The first kappa shape index (κ1) is 22.6. The lowest BCUT2D eigenvalue weighted by atomic mass is 9.73. The summed E-state index contributed by atoms with van der Waals surface area (Å²) in [5, 5.41) is 1.46. The molecule has 0 saturated heterocycles. The number of nitrogens with zero attached hydrogens (tertiary/aromatic N) is 1. The van der Waals surface area contributed by atoms with Crippen LogP contribution in [0.3, 0.4) is 0 Å². The molecule has 1 aliphatic rings. The molecule has 0 amide bonds. The highest BCUT2D eigenvalue weighted by Crippen LogP contribution is 2.54. The Labute approximate surface area is 210 Å². The average Bonchev–Trinajstić information content (AvgIpc) is 3.18. The number of carbonyl (C=O) groups excluding carboxylic acids is 1. The van der Waals surface area contributed by atoms with Crippen LogP contribution in [0.15, 0.2) is 97.1 Å². The molecular formula is C31H27BrNO. The second-order valence-electron chi connectivity index (χ2n) is 8.76. The van der Waals surface area contributed by atoms with Crippen LogP contribution in [-0.2, 0) is 5.41 Å². The first-order valence-corrected chi connectivity index (χ1v) is 12.7. The molecule has 0 saturated carbocycles. The van der Waals surface area contributed by atoms with Crippen molar-refractivity contribution in [3.05, 3.63) is 119 Å². The lowest BCUT2D eigenvalue weighted by Crippen LogP contribution is -2.24. The van der Waals surface area contributed by atoms with Crippen LogP contribution < -0.4 is 4.90 Å². The quantitative estimate of drug-likeness (QED) is 0.232. The van der Waals surface area contributed by atoms with E-state index in [1.54, 1.807) is 0 Å². The summed E-state index contributed by atoms with van der Waals surface area (Å²) in [6, 6.07) is 34.0. The van der Waals surface area contributed by atoms with Crippen LogP contribution in [-0.4, -0.2) is 5.78 Å². The van der Waals surface area contributed by atoms with Gasteiger partial charge in [0.2, 0.25) is 0 Å². The molecule has 0 N–H and O–H groups in total. The van der Waals surface area contributed by atoms with Gasteiger partial charge in [0, 0.05) is 28.0 Å². The molecule has 0 unspecified atom stereocenters. The SMILES string of the molecule is CCC1(CC)c2cc(C(=O)[CH]Br)ccc2-c2ccc(N(c3ccccc3)c3ccccc3)cc21. The summed E-state index contributed by atoms with van der Waals surface area (Å²) < 4.78 is 0. The Morgan fingerprint density at radius 3 is 1.79 bits per heavy atom. The summed E-state index contributed by atoms with van der Waals surface area (Å²) >= 11 is 3.21. The normalized spacial score (nSPS) is 13.3. The fourth-order valence-corrected chi connectivity index (χ4v) is 5.72. The molecule has 0 aromatic heterocycles. The molecule has 34 heavy (non-hydrogen) atoms. The van der Waals surface area contributed by atoms with Crippen LogP contribution in [0.4, 0.5) is 17.1 Å². The second-order valence-corrected chi connectivity index (χ2v) is 9.22. The number of carbonyl (C=O) groups is 1. The zero-order valence-electron chi connectivity index (χ0n) is 19.5. The Balaban J connectivity index is 1.70. The lowest BCUT2D eigenvalue weighted by Gasteiger charge is -2.32. The van der Waals surface area contributed by atoms with E-state index < -0.39 is 0 Å². The Kier molecular flexibility index (Phi) is 6.14. The van der Waals surface area contributed by atoms with Gasteiger partial charge in [-0.15, -0.1) is 0 Å². The number of ketones is 1. The standard InChI is InChI=1S/C31H27BrNO/c1-3-31(4-2)28-19-22(30(34)21-32)15-17-26(28)27-18-16-25(20-29(27)31)33(23-11-7-5-8-12-23)24-13-9-6-10-14-24/h5-21H,3-4H2,1-2H3. The van der Waals surface area contributed by atoms with Crippen molar-refractivity contribution in [3.8, 4) is 11.1 Å². The number of fused-ring (bicyclic) bond motifs is 3. The monoisotopic (exact) mass is 508 g/mol. The topological polar surface area (TPSA) is 20.3 Å². The summed E-state index contributed by atoms with van der Waals surface area (Å²) in [4.78, 5) is 14.7. The number of hydrogen-bond donors (Lipinski definition) is 0. The smallest absolute Gasteiger partial charge is 0.178 e. The van der Waals surface area contributed by atoms with Gasteiger partial charge < -0.3 is 4.90 Å². The fraction of sp³-hybridized carbons (Fsp3) is 0.161. The first-order valence-electron chi connectivity index (χ1n) is 11.8. The third-order valence-corrected chi connectivity index (χ3v) is 7.64. The molecule has 4 aromatic carbocycles. The molecule has 1 radical (unpaired) electrons. The Bertz CT molecular complexity index is 1290. The molecule has 1 aliphatic carbocycles. The molecule has 5 rings (SSSR count). The zero-order valence-corrected chi connectivity index (χ0v) is 21.0. The third kappa shape index (κ3) is 3.59. The van der Waals surface area contributed by atoms with E-state index in [0.29, 0.717) is 0 Å². The Hall–Kier alpha value is -3.17. The number of Topliss-reactive ketones (excluding diaryl/α,β-unsaturated/α-hetero) is 1. The largest absolute Gasteiger partial charge is 0.310 e. The molecule has 0 aliphatic heterocycles. The number of hydrogen-bond acceptors (Lipinski definition) is 2. The van der Waals surface area contributed by atoms with E-state index in [-0.39, 0.29) is 11.2 Å². The van der Waals surface area contributed by atoms with Gasteiger partial charge in [-0.2, -0.15) is 0 Å². The van der Waals surface area contributed by atoms with Crippen molar-refractivity contribution in [2.24, 2.45) is 0 Å². The van der Waals surface area contributed by atoms with Gasteiger partial charge >= 0.3 is 0 Å². The summed E-state index contributed by atoms with van der Waals surface area (Å²) in [5.74, 6) is -0.000110. The molecule has 0 heterocycles. The van der Waals surface area contributed by atoms with E-state index in [9.17, 15) is 4.79 Å². The maximum Gasteiger partial charge on any atom is 0.178 e. The molecule has 0 fully saturated rings. The number of benzene rings is 4. The van der Waals surface area contributed by atoms with Crippen molar-refractivity contribution >= 4 is 38.8 Å². The van der Waals surface area contributed by atoms with E-state index >= 15 is 0 Å². The maximum atomic E-state index is 12.4. The number of anilines is 3. The van der Waals surface area contributed by atoms with Crippen LogP contribution in [0, 0.1) is 5.33 Å². The minimum Gasteiger partial charge on any atom is -0.310 e. The van der Waals surface area contributed by atoms with Crippen molar-refractivity contribution < 1.29 is 4.79 Å². The van der Waals surface area contributed by atoms with Crippen LogP contribution in [0.25, 0.3) is 11.1 Å². The van der Waals surface area contributed by atoms with Crippen molar-refractivity contribution in [1.82, 2.24) is 0 Å². The van der Waals surface area contributed by atoms with Crippen LogP contribution >= 0.6 is 15.9 Å². The molecule has 169 valence electrons. The number of para-hydroxylation sites is 2. The van der Waals surface area contributed by atoms with Gasteiger partial charge in [-0.1, -0.05) is 84.4 Å². The second kappa shape index (κ2) is 9.23. The Morgan fingerprint density at radius 1 is 0.735 bits per heavy atom. The Morgan fingerprint density at radius 2 is 1.26 bits per heavy atom. The maximum absolute atomic E-state index is 12.4. The molecule has 0 bridgehead atoms. The first-order chi connectivity index (χ1) is 16.6. The van der Waals surface area contributed by atoms with Crippen molar-refractivity contribution in [3.63, 3.8) is 0 Å². The van der Waals surface area contributed by atoms with Crippen LogP contribution in [0.1, 0.15) is 48.2 Å². The van der Waals surface area contributed by atoms with Crippen molar-refractivity contribution in [2.45, 2.75) is 32.1 Å². The van der Waals surface area contributed by atoms with Gasteiger partial charge in [-0.25, -0.2) is 0 Å². The average molecular weight is 509 g/mol. The van der Waals surface area contributed by atoms with Crippen molar-refractivity contribution in [2.75, 3.05) is 4.90 Å². The van der Waals surface area contributed by atoms with E-state index in [0.717, 1.165) is 35.5 Å². The van der Waals surface area contributed by atoms with E-state index in [1.807, 2.05) is 6.07 Å². The van der Waals surface area contributed by atoms with Crippen molar-refractivity contribution in [1.29, 1.82) is 0 Å². The molecule has 0 atom stereocenters. The summed E-state index contributed by atoms with van der Waals surface area (Å²) in [7, 11) is 0. The summed E-state index contributed by atoms with van der Waals surface area (Å²) in [6.45, 7) is 4.51. The van der Waals surface area contributed by atoms with Gasteiger partial charge in [0.25, 0.3) is 0 Å². The highest BCUT2D eigenvalue weighted by atomic mass is 79.9. The number of halogens is 1. The third-order valence-electron chi connectivity index (χ3n) is 7.22. The molecule has 0 spiro atoms. The van der Waals surface area contributed by atoms with E-state index in [2.05, 4.69) is 126 Å². The van der Waals surface area contributed by atoms with Gasteiger partial charge in [0.15, 0.2) is 5.78 Å². The molecule has 4 aromatic rings. The van der Waals surface area contributed by atoms with Crippen LogP contribution in [0.5, 0.6) is 0 Å². The summed E-state index contributed by atoms with van der Waals surface area (Å²) in [6.07, 6.45) is 1.94. The number of rotatable bonds is 7. The zero-order chi connectivity index (χ0) is 23.7. The predicted octanol–water partition coefficient (Wildman–Crippen LogP) is 8.98. The molecule has 3 heteroatoms. The molecule has 2 nitrogen and oxygen atoms in total. The van der Waals surface area contributed by atoms with Gasteiger partial charge in [-0.05, 0) is 77.6 Å². The van der Waals surface area contributed by atoms with Gasteiger partial charge in [0.1, 0.15) is 0 Å². The van der Waals surface area contributed by atoms with Crippen LogP contribution in [0.2, 0.25) is 0 Å². The minimum atomic E-state index is -0.123. The summed E-state index contributed by atoms with van der Waals surface area (Å²) in [5.41, 5.74) is 9.11. The van der Waals surface area contributed by atoms with E-state index in [4.69, 9.17) is 0 Å². The minimum absolute atomic E-state index is 0.000110. The molecular weight excluding hydrogens is 482 g/mol. The fourth-order valence-electron chi connectivity index (χ4n) is 5.45. The van der Waals surface area contributed by atoms with Gasteiger partial charge in [0.05, 0.1) is 5.33 Å². The van der Waals surface area contributed by atoms with Gasteiger partial charge in [-0.3, -0.25) is 4.79 Å². The van der Waals surface area contributed by atoms with E-state index in [1.165, 1.54) is 27.6 Å². The lowest BCUT2D eigenvalue weighted by molar-refractivity contribution is 0.104. The highest BCUT2D eigenvalue weighted by Gasteiger charge is 2.41. The highest BCUT2D eigenvalue weighted by molar-refractivity contribution is 9.11.